The molecule has 43 heavy (non-hydrogen) atoms. The van der Waals surface area contributed by atoms with Crippen LogP contribution in [-0.4, -0.2) is 58.5 Å². The monoisotopic (exact) mass is 595 g/mol. The number of hydrogen-bond donors (Lipinski definition) is 1. The van der Waals surface area contributed by atoms with Crippen LogP contribution in [0.1, 0.15) is 21.5 Å². The van der Waals surface area contributed by atoms with E-state index in [-0.39, 0.29) is 24.2 Å². The van der Waals surface area contributed by atoms with Gasteiger partial charge in [0.15, 0.2) is 5.78 Å². The smallest absolute Gasteiger partial charge is 0.350 e. The molecule has 0 aliphatic carbocycles. The molecular weight excluding hydrogens is 570 g/mol. The van der Waals surface area contributed by atoms with Crippen molar-refractivity contribution in [3.8, 4) is 5.69 Å². The predicted molar refractivity (Wildman–Crippen MR) is 145 cm³/mol. The second kappa shape index (κ2) is 12.1. The topological polar surface area (TPSA) is 111 Å². The van der Waals surface area contributed by atoms with Crippen LogP contribution in [0.5, 0.6) is 0 Å². The summed E-state index contributed by atoms with van der Waals surface area (Å²) in [6.45, 7) is -0.411. The minimum Gasteiger partial charge on any atom is -0.382 e. The third-order valence-corrected chi connectivity index (χ3v) is 6.78. The molecule has 2 heterocycles. The maximum atomic E-state index is 14.7. The molecule has 14 heteroatoms. The van der Waals surface area contributed by atoms with E-state index in [0.717, 1.165) is 28.4 Å². The predicted octanol–water partition coefficient (Wildman–Crippen LogP) is 3.08. The minimum atomic E-state index is -1.78. The zero-order valence-electron chi connectivity index (χ0n) is 22.7. The summed E-state index contributed by atoms with van der Waals surface area (Å²) in [5.74, 6) is -4.26. The number of Topliss-reactive ketones (excluding diaryl/α,β-unsaturated/α-hetero) is 1. The number of likely N-dealkylation sites (N-methyl/N-ethyl adjacent to an activating group) is 1. The van der Waals surface area contributed by atoms with Crippen LogP contribution in [0.4, 0.5) is 17.6 Å². The molecule has 0 saturated heterocycles. The summed E-state index contributed by atoms with van der Waals surface area (Å²) < 4.78 is 58.9. The van der Waals surface area contributed by atoms with E-state index in [2.05, 4.69) is 15.2 Å². The summed E-state index contributed by atoms with van der Waals surface area (Å²) in [6.07, 6.45) is 3.89. The van der Waals surface area contributed by atoms with E-state index in [4.69, 9.17) is 0 Å². The number of rotatable bonds is 11. The summed E-state index contributed by atoms with van der Waals surface area (Å²) in [7, 11) is 1.72. The van der Waals surface area contributed by atoms with Crippen molar-refractivity contribution >= 4 is 5.78 Å². The van der Waals surface area contributed by atoms with Gasteiger partial charge in [0, 0.05) is 30.8 Å². The average molecular weight is 596 g/mol. The quantitative estimate of drug-likeness (QED) is 0.185. The van der Waals surface area contributed by atoms with Crippen LogP contribution in [0.25, 0.3) is 5.69 Å². The number of halogens is 4. The number of carbonyl (C=O) groups excluding carboxylic acids is 1. The number of benzene rings is 3. The summed E-state index contributed by atoms with van der Waals surface area (Å²) in [5.41, 5.74) is -1.64. The molecule has 1 atom stereocenters. The molecule has 222 valence electrons. The average Bonchev–Trinajstić information content (AvgIpc) is 3.58. The van der Waals surface area contributed by atoms with Crippen molar-refractivity contribution in [1.29, 1.82) is 0 Å². The fourth-order valence-electron chi connectivity index (χ4n) is 4.81. The Morgan fingerprint density at radius 3 is 2.28 bits per heavy atom. The molecule has 0 aliphatic rings. The van der Waals surface area contributed by atoms with Crippen LogP contribution >= 0.6 is 0 Å². The molecule has 0 saturated carbocycles. The fourth-order valence-corrected chi connectivity index (χ4v) is 4.81. The Bertz CT molecular complexity index is 1810. The molecule has 1 unspecified atom stereocenters. The van der Waals surface area contributed by atoms with E-state index >= 15 is 0 Å². The van der Waals surface area contributed by atoms with E-state index in [1.54, 1.807) is 36.2 Å². The Kier molecular flexibility index (Phi) is 8.32. The lowest BCUT2D eigenvalue weighted by molar-refractivity contribution is -0.0175. The standard InChI is InChI=1S/C29H25F4N7O3/c1-37(14-29(43,15-38-17-34-16-35-38)24-9-5-21(31)11-26(24)33)12-19-2-6-22(7-3-19)39-18-36-40(28(39)42)13-27(41)23-8-4-20(30)10-25(23)32/h2-11,16-18,43H,12-15H2,1H3. The first-order valence-electron chi connectivity index (χ1n) is 12.9. The lowest BCUT2D eigenvalue weighted by Gasteiger charge is -2.33. The Morgan fingerprint density at radius 2 is 1.63 bits per heavy atom. The lowest BCUT2D eigenvalue weighted by Crippen LogP contribution is -2.43. The first-order valence-corrected chi connectivity index (χ1v) is 12.9. The highest BCUT2D eigenvalue weighted by molar-refractivity contribution is 5.96. The lowest BCUT2D eigenvalue weighted by atomic mass is 9.92. The zero-order chi connectivity index (χ0) is 30.7. The molecule has 5 rings (SSSR count). The van der Waals surface area contributed by atoms with Crippen molar-refractivity contribution in [2.45, 2.75) is 25.2 Å². The van der Waals surface area contributed by atoms with Crippen LogP contribution in [-0.2, 0) is 25.2 Å². The normalized spacial score (nSPS) is 12.9. The minimum absolute atomic E-state index is 0.0495. The van der Waals surface area contributed by atoms with Crippen LogP contribution in [0.3, 0.4) is 0 Å². The van der Waals surface area contributed by atoms with Crippen molar-refractivity contribution in [3.05, 3.63) is 130 Å². The van der Waals surface area contributed by atoms with Gasteiger partial charge in [-0.05, 0) is 42.9 Å². The number of aromatic nitrogens is 6. The van der Waals surface area contributed by atoms with E-state index in [0.29, 0.717) is 24.4 Å². The van der Waals surface area contributed by atoms with E-state index in [9.17, 15) is 32.3 Å². The van der Waals surface area contributed by atoms with Gasteiger partial charge in [-0.3, -0.25) is 9.69 Å². The van der Waals surface area contributed by atoms with Gasteiger partial charge in [-0.2, -0.15) is 10.2 Å². The summed E-state index contributed by atoms with van der Waals surface area (Å²) in [6, 6.07) is 12.3. The highest BCUT2D eigenvalue weighted by atomic mass is 19.1. The zero-order valence-corrected chi connectivity index (χ0v) is 22.7. The molecule has 0 spiro atoms. The van der Waals surface area contributed by atoms with Gasteiger partial charge in [0.25, 0.3) is 0 Å². The molecule has 10 nitrogen and oxygen atoms in total. The number of hydrogen-bond acceptors (Lipinski definition) is 7. The molecule has 0 bridgehead atoms. The molecule has 0 amide bonds. The molecule has 5 aromatic rings. The van der Waals surface area contributed by atoms with Gasteiger partial charge in [0.2, 0.25) is 0 Å². The first-order chi connectivity index (χ1) is 20.5. The number of aliphatic hydroxyl groups is 1. The van der Waals surface area contributed by atoms with Gasteiger partial charge in [0.1, 0.15) is 54.4 Å². The number of nitrogens with zero attached hydrogens (tertiary/aromatic N) is 7. The van der Waals surface area contributed by atoms with E-state index in [1.165, 1.54) is 34.3 Å². The molecular formula is C29H25F4N7O3. The fraction of sp³-hybridized carbons (Fsp3) is 0.207. The summed E-state index contributed by atoms with van der Waals surface area (Å²) in [5, 5.41) is 19.5. The van der Waals surface area contributed by atoms with Crippen molar-refractivity contribution < 1.29 is 27.5 Å². The first kappa shape index (κ1) is 29.5. The largest absolute Gasteiger partial charge is 0.382 e. The van der Waals surface area contributed by atoms with Gasteiger partial charge in [0.05, 0.1) is 17.8 Å². The van der Waals surface area contributed by atoms with Crippen molar-refractivity contribution in [1.82, 2.24) is 34.0 Å². The molecule has 1 N–H and O–H groups in total. The van der Waals surface area contributed by atoms with Crippen molar-refractivity contribution in [2.24, 2.45) is 0 Å². The van der Waals surface area contributed by atoms with Crippen molar-refractivity contribution in [2.75, 3.05) is 13.6 Å². The summed E-state index contributed by atoms with van der Waals surface area (Å²) in [4.78, 5) is 30.9. The van der Waals surface area contributed by atoms with Crippen LogP contribution < -0.4 is 5.69 Å². The van der Waals surface area contributed by atoms with Gasteiger partial charge < -0.3 is 5.11 Å². The van der Waals surface area contributed by atoms with Crippen molar-refractivity contribution in [3.63, 3.8) is 0 Å². The maximum Gasteiger partial charge on any atom is 0.350 e. The van der Waals surface area contributed by atoms with Gasteiger partial charge >= 0.3 is 5.69 Å². The van der Waals surface area contributed by atoms with E-state index < -0.39 is 46.9 Å². The Labute approximate surface area is 242 Å². The summed E-state index contributed by atoms with van der Waals surface area (Å²) >= 11 is 0. The third-order valence-electron chi connectivity index (χ3n) is 6.78. The number of carbonyl (C=O) groups is 1. The number of ketones is 1. The van der Waals surface area contributed by atoms with Gasteiger partial charge in [-0.1, -0.05) is 18.2 Å². The second-order valence-corrected chi connectivity index (χ2v) is 10.1. The van der Waals surface area contributed by atoms with Crippen LogP contribution in [0.2, 0.25) is 0 Å². The molecule has 0 fully saturated rings. The van der Waals surface area contributed by atoms with Gasteiger partial charge in [-0.25, -0.2) is 41.3 Å². The maximum absolute atomic E-state index is 14.7. The molecule has 3 aromatic carbocycles. The highest BCUT2D eigenvalue weighted by Gasteiger charge is 2.35. The Morgan fingerprint density at radius 1 is 0.930 bits per heavy atom. The van der Waals surface area contributed by atoms with Crippen LogP contribution in [0.15, 0.2) is 84.4 Å². The SMILES string of the molecule is CN(Cc1ccc(-n2cnn(CC(=O)c3ccc(F)cc3F)c2=O)cc1)CC(O)(Cn1cncn1)c1ccc(F)cc1F. The van der Waals surface area contributed by atoms with E-state index in [1.807, 2.05) is 0 Å². The molecule has 0 aliphatic heterocycles. The molecule has 0 radical (unpaired) electrons. The Balaban J connectivity index is 1.29. The van der Waals surface area contributed by atoms with Crippen LogP contribution in [0, 0.1) is 23.3 Å². The Hall–Kier alpha value is -4.95. The highest BCUT2D eigenvalue weighted by Crippen LogP contribution is 2.28. The van der Waals surface area contributed by atoms with Gasteiger partial charge in [-0.15, -0.1) is 0 Å². The second-order valence-electron chi connectivity index (χ2n) is 10.1. The molecule has 2 aromatic heterocycles. The third kappa shape index (κ3) is 6.60.